The van der Waals surface area contributed by atoms with E-state index >= 15 is 0 Å². The van der Waals surface area contributed by atoms with Gasteiger partial charge in [0, 0.05) is 21.3 Å². The lowest BCUT2D eigenvalue weighted by Crippen LogP contribution is -2.40. The number of allylic oxidation sites excluding steroid dienone is 1. The van der Waals surface area contributed by atoms with Gasteiger partial charge in [0.1, 0.15) is 0 Å². The van der Waals surface area contributed by atoms with E-state index in [-0.39, 0.29) is 0 Å². The van der Waals surface area contributed by atoms with Crippen LogP contribution in [-0.4, -0.2) is 30.1 Å². The molecule has 0 atom stereocenters. The Morgan fingerprint density at radius 1 is 1.00 bits per heavy atom. The molecule has 0 aliphatic rings. The van der Waals surface area contributed by atoms with Crippen LogP contribution in [0.15, 0.2) is 11.8 Å². The molecule has 0 spiro atoms. The average molecular weight is 162 g/mol. The first-order chi connectivity index (χ1) is 4.74. The van der Waals surface area contributed by atoms with Crippen molar-refractivity contribution >= 4 is 8.80 Å². The Morgan fingerprint density at radius 2 is 1.40 bits per heavy atom. The molecule has 0 aliphatic heterocycles. The maximum atomic E-state index is 5.08. The van der Waals surface area contributed by atoms with E-state index in [2.05, 4.69) is 0 Å². The first-order valence-electron chi connectivity index (χ1n) is 3.04. The summed E-state index contributed by atoms with van der Waals surface area (Å²) in [6.45, 7) is 1.90. The second kappa shape index (κ2) is 4.62. The van der Waals surface area contributed by atoms with Gasteiger partial charge in [-0.1, -0.05) is 6.08 Å². The van der Waals surface area contributed by atoms with Crippen molar-refractivity contribution in [2.75, 3.05) is 21.3 Å². The fraction of sp³-hybridized carbons (Fsp3) is 0.667. The summed E-state index contributed by atoms with van der Waals surface area (Å²) in [4.78, 5) is 0. The SMILES string of the molecule is CC=C[Si](OC)(OC)OC. The van der Waals surface area contributed by atoms with E-state index in [1.165, 1.54) is 0 Å². The summed E-state index contributed by atoms with van der Waals surface area (Å²) >= 11 is 0. The molecule has 0 N–H and O–H groups in total. The topological polar surface area (TPSA) is 27.7 Å². The van der Waals surface area contributed by atoms with Crippen LogP contribution in [0.2, 0.25) is 0 Å². The average Bonchev–Trinajstić information content (AvgIpc) is 2.01. The van der Waals surface area contributed by atoms with Gasteiger partial charge in [-0.15, -0.1) is 0 Å². The molecule has 0 aromatic heterocycles. The van der Waals surface area contributed by atoms with Crippen LogP contribution in [0.1, 0.15) is 6.92 Å². The highest BCUT2D eigenvalue weighted by molar-refractivity contribution is 6.66. The molecular weight excluding hydrogens is 148 g/mol. The quantitative estimate of drug-likeness (QED) is 0.577. The monoisotopic (exact) mass is 162 g/mol. The highest BCUT2D eigenvalue weighted by atomic mass is 28.4. The summed E-state index contributed by atoms with van der Waals surface area (Å²) < 4.78 is 15.3. The summed E-state index contributed by atoms with van der Waals surface area (Å²) in [5.41, 5.74) is 1.83. The van der Waals surface area contributed by atoms with Crippen LogP contribution in [0.4, 0.5) is 0 Å². The Kier molecular flexibility index (Phi) is 4.55. The Bertz CT molecular complexity index is 101. The van der Waals surface area contributed by atoms with E-state index in [4.69, 9.17) is 13.3 Å². The molecular formula is C6H14O3Si. The molecule has 0 fully saturated rings. The van der Waals surface area contributed by atoms with Gasteiger partial charge in [-0.3, -0.25) is 0 Å². The molecule has 0 amide bonds. The zero-order valence-electron chi connectivity index (χ0n) is 6.88. The first kappa shape index (κ1) is 9.84. The highest BCUT2D eigenvalue weighted by Gasteiger charge is 2.33. The van der Waals surface area contributed by atoms with Crippen LogP contribution in [0.25, 0.3) is 0 Å². The minimum Gasteiger partial charge on any atom is -0.374 e. The molecule has 0 heterocycles. The highest BCUT2D eigenvalue weighted by Crippen LogP contribution is 2.06. The van der Waals surface area contributed by atoms with E-state index in [1.807, 2.05) is 18.7 Å². The summed E-state index contributed by atoms with van der Waals surface area (Å²) in [7, 11) is 2.35. The van der Waals surface area contributed by atoms with Gasteiger partial charge >= 0.3 is 8.80 Å². The van der Waals surface area contributed by atoms with Crippen LogP contribution < -0.4 is 0 Å². The molecule has 0 unspecified atom stereocenters. The van der Waals surface area contributed by atoms with E-state index in [9.17, 15) is 0 Å². The van der Waals surface area contributed by atoms with Crippen molar-refractivity contribution in [3.05, 3.63) is 11.8 Å². The molecule has 3 nitrogen and oxygen atoms in total. The van der Waals surface area contributed by atoms with Crippen LogP contribution in [0.5, 0.6) is 0 Å². The third kappa shape index (κ3) is 2.22. The standard InChI is InChI=1S/C6H14O3Si/c1-5-6-10(7-2,8-3)9-4/h5-6H,1-4H3. The zero-order valence-corrected chi connectivity index (χ0v) is 7.88. The maximum Gasteiger partial charge on any atom is 0.528 e. The normalized spacial score (nSPS) is 12.8. The van der Waals surface area contributed by atoms with Crippen molar-refractivity contribution in [1.82, 2.24) is 0 Å². The van der Waals surface area contributed by atoms with Crippen LogP contribution in [-0.2, 0) is 13.3 Å². The van der Waals surface area contributed by atoms with Crippen LogP contribution in [0.3, 0.4) is 0 Å². The smallest absolute Gasteiger partial charge is 0.374 e. The maximum absolute atomic E-state index is 5.08. The molecule has 10 heavy (non-hydrogen) atoms. The Hall–Kier alpha value is -0.163. The van der Waals surface area contributed by atoms with Gasteiger partial charge in [-0.25, -0.2) is 0 Å². The van der Waals surface area contributed by atoms with Gasteiger partial charge in [-0.05, 0) is 12.6 Å². The molecule has 0 radical (unpaired) electrons. The second-order valence-corrected chi connectivity index (χ2v) is 4.48. The number of rotatable bonds is 4. The third-order valence-corrected chi connectivity index (χ3v) is 3.67. The fourth-order valence-corrected chi connectivity index (χ4v) is 1.97. The number of hydrogen-bond donors (Lipinski definition) is 0. The summed E-state index contributed by atoms with van der Waals surface area (Å²) in [6.07, 6.45) is 1.86. The van der Waals surface area contributed by atoms with E-state index in [0.717, 1.165) is 0 Å². The first-order valence-corrected chi connectivity index (χ1v) is 4.84. The summed E-state index contributed by atoms with van der Waals surface area (Å²) in [6, 6.07) is 0. The Labute approximate surface area is 63.0 Å². The molecule has 0 aliphatic carbocycles. The van der Waals surface area contributed by atoms with E-state index in [0.29, 0.717) is 0 Å². The predicted octanol–water partition coefficient (Wildman–Crippen LogP) is 0.980. The lowest BCUT2D eigenvalue weighted by atomic mass is 10.8. The van der Waals surface area contributed by atoms with Gasteiger partial charge in [0.15, 0.2) is 0 Å². The van der Waals surface area contributed by atoms with Crippen molar-refractivity contribution in [1.29, 1.82) is 0 Å². The lowest BCUT2D eigenvalue weighted by molar-refractivity contribution is 0.138. The van der Waals surface area contributed by atoms with Gasteiger partial charge in [-0.2, -0.15) is 0 Å². The van der Waals surface area contributed by atoms with Gasteiger partial charge < -0.3 is 13.3 Å². The minimum absolute atomic E-state index is 1.58. The summed E-state index contributed by atoms with van der Waals surface area (Å²) in [5.74, 6) is 0. The van der Waals surface area contributed by atoms with Gasteiger partial charge in [0.25, 0.3) is 0 Å². The molecule has 4 heteroatoms. The molecule has 0 saturated heterocycles. The minimum atomic E-state index is -2.40. The van der Waals surface area contributed by atoms with Crippen molar-refractivity contribution in [3.63, 3.8) is 0 Å². The predicted molar refractivity (Wildman–Crippen MR) is 41.6 cm³/mol. The fourth-order valence-electron chi connectivity index (χ4n) is 0.658. The second-order valence-electron chi connectivity index (χ2n) is 1.72. The van der Waals surface area contributed by atoms with Crippen LogP contribution >= 0.6 is 0 Å². The lowest BCUT2D eigenvalue weighted by Gasteiger charge is -2.19. The van der Waals surface area contributed by atoms with E-state index < -0.39 is 8.80 Å². The number of hydrogen-bond acceptors (Lipinski definition) is 3. The Balaban J connectivity index is 4.15. The van der Waals surface area contributed by atoms with Crippen molar-refractivity contribution in [2.24, 2.45) is 0 Å². The molecule has 60 valence electrons. The molecule has 0 rings (SSSR count). The third-order valence-electron chi connectivity index (χ3n) is 1.22. The molecule has 0 aromatic rings. The molecule has 0 bridgehead atoms. The largest absolute Gasteiger partial charge is 0.528 e. The van der Waals surface area contributed by atoms with E-state index in [1.54, 1.807) is 21.3 Å². The van der Waals surface area contributed by atoms with Crippen molar-refractivity contribution in [3.8, 4) is 0 Å². The van der Waals surface area contributed by atoms with Gasteiger partial charge in [0.2, 0.25) is 0 Å². The Morgan fingerprint density at radius 3 is 1.50 bits per heavy atom. The van der Waals surface area contributed by atoms with Crippen molar-refractivity contribution < 1.29 is 13.3 Å². The summed E-state index contributed by atoms with van der Waals surface area (Å²) in [5, 5.41) is 0. The van der Waals surface area contributed by atoms with Crippen molar-refractivity contribution in [2.45, 2.75) is 6.92 Å². The van der Waals surface area contributed by atoms with Gasteiger partial charge in [0.05, 0.1) is 0 Å². The van der Waals surface area contributed by atoms with Crippen LogP contribution in [0, 0.1) is 0 Å². The molecule has 0 aromatic carbocycles. The zero-order chi connectivity index (χ0) is 8.04. The molecule has 0 saturated carbocycles.